The van der Waals surface area contributed by atoms with Crippen LogP contribution in [0.1, 0.15) is 5.69 Å². The van der Waals surface area contributed by atoms with Crippen LogP contribution in [-0.4, -0.2) is 57.2 Å². The maximum absolute atomic E-state index is 9.19. The summed E-state index contributed by atoms with van der Waals surface area (Å²) in [5.74, 6) is 0. The van der Waals surface area contributed by atoms with Gasteiger partial charge in [0.2, 0.25) is 0 Å². The molecule has 3 heterocycles. The number of morpholine rings is 1. The van der Waals surface area contributed by atoms with Gasteiger partial charge in [-0.25, -0.2) is 4.68 Å². The summed E-state index contributed by atoms with van der Waals surface area (Å²) in [6.45, 7) is 3.15. The maximum Gasteiger partial charge on any atom is 0.0933 e. The summed E-state index contributed by atoms with van der Waals surface area (Å²) in [4.78, 5) is 6.30. The molecular weight excluding hydrogens is 256 g/mol. The van der Waals surface area contributed by atoms with Crippen molar-refractivity contribution in [2.75, 3.05) is 26.3 Å². The molecule has 0 aliphatic carbocycles. The molecule has 3 rings (SSSR count). The molecule has 1 atom stereocenters. The van der Waals surface area contributed by atoms with Crippen molar-refractivity contribution in [3.8, 4) is 5.69 Å². The fourth-order valence-electron chi connectivity index (χ4n) is 2.43. The molecule has 1 saturated heterocycles. The molecule has 20 heavy (non-hydrogen) atoms. The van der Waals surface area contributed by atoms with Gasteiger partial charge in [0, 0.05) is 38.2 Å². The highest BCUT2D eigenvalue weighted by Gasteiger charge is 2.20. The predicted octanol–water partition coefficient (Wildman–Crippen LogP) is 0.460. The smallest absolute Gasteiger partial charge is 0.0933 e. The molecule has 1 aliphatic heterocycles. The molecule has 0 aromatic carbocycles. The summed E-state index contributed by atoms with van der Waals surface area (Å²) in [7, 11) is 0. The zero-order valence-electron chi connectivity index (χ0n) is 11.2. The lowest BCUT2D eigenvalue weighted by atomic mass is 10.2. The van der Waals surface area contributed by atoms with Gasteiger partial charge in [-0.1, -0.05) is 0 Å². The van der Waals surface area contributed by atoms with Gasteiger partial charge in [-0.2, -0.15) is 5.10 Å². The summed E-state index contributed by atoms with van der Waals surface area (Å²) in [5, 5.41) is 13.6. The lowest BCUT2D eigenvalue weighted by molar-refractivity contribution is -0.0555. The monoisotopic (exact) mass is 274 g/mol. The van der Waals surface area contributed by atoms with Gasteiger partial charge in [-0.05, 0) is 18.2 Å². The van der Waals surface area contributed by atoms with Crippen LogP contribution in [0.5, 0.6) is 0 Å². The minimum absolute atomic E-state index is 0.0696. The Bertz CT molecular complexity index is 543. The first kappa shape index (κ1) is 13.2. The third-order valence-electron chi connectivity index (χ3n) is 3.44. The van der Waals surface area contributed by atoms with Gasteiger partial charge in [0.05, 0.1) is 30.7 Å². The van der Waals surface area contributed by atoms with E-state index in [1.807, 2.05) is 22.9 Å². The van der Waals surface area contributed by atoms with E-state index in [1.165, 1.54) is 0 Å². The van der Waals surface area contributed by atoms with E-state index >= 15 is 0 Å². The standard InChI is InChI=1S/C14H18N4O2/c19-11-14-10-17(7-8-20-14)9-13-3-6-16-18(13)12-1-4-15-5-2-12/h1-6,14,19H,7-11H2. The number of hydrogen-bond donors (Lipinski definition) is 1. The van der Waals surface area contributed by atoms with Gasteiger partial charge < -0.3 is 9.84 Å². The number of aliphatic hydroxyl groups excluding tert-OH is 1. The topological polar surface area (TPSA) is 63.4 Å². The highest BCUT2D eigenvalue weighted by molar-refractivity contribution is 5.30. The molecule has 1 aliphatic rings. The SMILES string of the molecule is OCC1CN(Cc2ccnn2-c2ccncc2)CCO1. The number of pyridine rings is 1. The third kappa shape index (κ3) is 2.87. The summed E-state index contributed by atoms with van der Waals surface area (Å²) in [5.41, 5.74) is 2.13. The first-order valence-electron chi connectivity index (χ1n) is 6.75. The molecule has 1 N–H and O–H groups in total. The number of aliphatic hydroxyl groups is 1. The van der Waals surface area contributed by atoms with Crippen LogP contribution in [-0.2, 0) is 11.3 Å². The second-order valence-electron chi connectivity index (χ2n) is 4.85. The van der Waals surface area contributed by atoms with Gasteiger partial charge in [0.25, 0.3) is 0 Å². The molecule has 2 aromatic heterocycles. The Labute approximate surface area is 117 Å². The largest absolute Gasteiger partial charge is 0.394 e. The number of nitrogens with zero attached hydrogens (tertiary/aromatic N) is 4. The zero-order valence-corrected chi connectivity index (χ0v) is 11.2. The summed E-state index contributed by atoms with van der Waals surface area (Å²) >= 11 is 0. The summed E-state index contributed by atoms with van der Waals surface area (Å²) in [6.07, 6.45) is 5.25. The van der Waals surface area contributed by atoms with Crippen LogP contribution >= 0.6 is 0 Å². The Morgan fingerprint density at radius 2 is 2.10 bits per heavy atom. The van der Waals surface area contributed by atoms with Crippen LogP contribution in [0, 0.1) is 0 Å². The minimum Gasteiger partial charge on any atom is -0.394 e. The fourth-order valence-corrected chi connectivity index (χ4v) is 2.43. The van der Waals surface area contributed by atoms with E-state index in [-0.39, 0.29) is 12.7 Å². The van der Waals surface area contributed by atoms with E-state index < -0.39 is 0 Å². The van der Waals surface area contributed by atoms with E-state index in [1.54, 1.807) is 18.6 Å². The van der Waals surface area contributed by atoms with Crippen molar-refractivity contribution in [1.82, 2.24) is 19.7 Å². The van der Waals surface area contributed by atoms with Gasteiger partial charge >= 0.3 is 0 Å². The fraction of sp³-hybridized carbons (Fsp3) is 0.429. The van der Waals surface area contributed by atoms with E-state index in [0.717, 1.165) is 31.0 Å². The molecule has 2 aromatic rings. The normalized spacial score (nSPS) is 20.1. The Balaban J connectivity index is 1.74. The minimum atomic E-state index is -0.0824. The second-order valence-corrected chi connectivity index (χ2v) is 4.85. The van der Waals surface area contributed by atoms with Crippen LogP contribution in [0.15, 0.2) is 36.8 Å². The number of rotatable bonds is 4. The molecule has 0 saturated carbocycles. The Morgan fingerprint density at radius 3 is 2.90 bits per heavy atom. The molecule has 0 bridgehead atoms. The average Bonchev–Trinajstić information content (AvgIpc) is 2.96. The highest BCUT2D eigenvalue weighted by atomic mass is 16.5. The second kappa shape index (κ2) is 6.13. The first-order valence-corrected chi connectivity index (χ1v) is 6.75. The van der Waals surface area contributed by atoms with Gasteiger partial charge in [-0.3, -0.25) is 9.88 Å². The van der Waals surface area contributed by atoms with E-state index in [0.29, 0.717) is 6.61 Å². The van der Waals surface area contributed by atoms with Crippen molar-refractivity contribution >= 4 is 0 Å². The molecule has 6 nitrogen and oxygen atoms in total. The van der Waals surface area contributed by atoms with Crippen molar-refractivity contribution in [3.05, 3.63) is 42.5 Å². The van der Waals surface area contributed by atoms with Crippen LogP contribution in [0.25, 0.3) is 5.69 Å². The number of ether oxygens (including phenoxy) is 1. The van der Waals surface area contributed by atoms with Gasteiger partial charge in [-0.15, -0.1) is 0 Å². The van der Waals surface area contributed by atoms with Crippen molar-refractivity contribution in [2.45, 2.75) is 12.6 Å². The van der Waals surface area contributed by atoms with E-state index in [2.05, 4.69) is 15.0 Å². The molecule has 0 amide bonds. The molecule has 0 spiro atoms. The molecule has 6 heteroatoms. The number of hydrogen-bond acceptors (Lipinski definition) is 5. The molecule has 0 radical (unpaired) electrons. The van der Waals surface area contributed by atoms with Crippen molar-refractivity contribution in [3.63, 3.8) is 0 Å². The van der Waals surface area contributed by atoms with Crippen LogP contribution in [0.3, 0.4) is 0 Å². The molecule has 106 valence electrons. The zero-order chi connectivity index (χ0) is 13.8. The van der Waals surface area contributed by atoms with Crippen molar-refractivity contribution in [2.24, 2.45) is 0 Å². The summed E-state index contributed by atoms with van der Waals surface area (Å²) in [6, 6.07) is 5.89. The van der Waals surface area contributed by atoms with Crippen LogP contribution < -0.4 is 0 Å². The van der Waals surface area contributed by atoms with Crippen molar-refractivity contribution < 1.29 is 9.84 Å². The molecule has 1 fully saturated rings. The van der Waals surface area contributed by atoms with Crippen LogP contribution in [0.2, 0.25) is 0 Å². The predicted molar refractivity (Wildman–Crippen MR) is 73.5 cm³/mol. The van der Waals surface area contributed by atoms with Crippen molar-refractivity contribution in [1.29, 1.82) is 0 Å². The molecule has 1 unspecified atom stereocenters. The Kier molecular flexibility index (Phi) is 4.05. The summed E-state index contributed by atoms with van der Waals surface area (Å²) < 4.78 is 7.39. The van der Waals surface area contributed by atoms with Gasteiger partial charge in [0.15, 0.2) is 0 Å². The lowest BCUT2D eigenvalue weighted by Gasteiger charge is -2.31. The maximum atomic E-state index is 9.19. The first-order chi connectivity index (χ1) is 9.86. The highest BCUT2D eigenvalue weighted by Crippen LogP contribution is 2.13. The third-order valence-corrected chi connectivity index (χ3v) is 3.44. The quantitative estimate of drug-likeness (QED) is 0.877. The average molecular weight is 274 g/mol. The molecular formula is C14H18N4O2. The Hall–Kier alpha value is -1.76. The van der Waals surface area contributed by atoms with E-state index in [9.17, 15) is 5.11 Å². The van der Waals surface area contributed by atoms with Gasteiger partial charge in [0.1, 0.15) is 0 Å². The number of aromatic nitrogens is 3. The lowest BCUT2D eigenvalue weighted by Crippen LogP contribution is -2.43. The van der Waals surface area contributed by atoms with Crippen LogP contribution in [0.4, 0.5) is 0 Å². The Morgan fingerprint density at radius 1 is 1.25 bits per heavy atom. The van der Waals surface area contributed by atoms with E-state index in [4.69, 9.17) is 4.74 Å².